The molecule has 0 nitrogen and oxygen atoms in total. The fourth-order valence-electron chi connectivity index (χ4n) is 0.847. The summed E-state index contributed by atoms with van der Waals surface area (Å²) < 4.78 is 0. The molecule has 1 aromatic rings. The summed E-state index contributed by atoms with van der Waals surface area (Å²) in [6.45, 7) is 4.30. The summed E-state index contributed by atoms with van der Waals surface area (Å²) >= 11 is 0. The molecule has 1 radical (unpaired) electrons. The molecular weight excluding hydrogens is 147 g/mol. The van der Waals surface area contributed by atoms with E-state index in [0.29, 0.717) is 0 Å². The Kier molecular flexibility index (Phi) is 3.84. The van der Waals surface area contributed by atoms with Crippen molar-refractivity contribution in [3.8, 4) is 0 Å². The van der Waals surface area contributed by atoms with Crippen LogP contribution in [0, 0.1) is 6.92 Å². The summed E-state index contributed by atoms with van der Waals surface area (Å²) in [6, 6.07) is 6.55. The molecule has 0 amide bonds. The van der Waals surface area contributed by atoms with Crippen molar-refractivity contribution in [1.82, 2.24) is 0 Å². The fourth-order valence-corrected chi connectivity index (χ4v) is 0.847. The Morgan fingerprint density at radius 1 is 1.56 bits per heavy atom. The van der Waals surface area contributed by atoms with E-state index in [1.807, 2.05) is 0 Å². The Hall–Kier alpha value is -0.0656. The third-order valence-electron chi connectivity index (χ3n) is 1.38. The van der Waals surface area contributed by atoms with Gasteiger partial charge in [-0.1, -0.05) is 20.3 Å². The smallest absolute Gasteiger partial charge is 0 e. The van der Waals surface area contributed by atoms with Gasteiger partial charge in [-0.2, -0.15) is 17.7 Å². The first-order valence-corrected chi connectivity index (χ1v) is 3.05. The Morgan fingerprint density at radius 2 is 2.22 bits per heavy atom. The summed E-state index contributed by atoms with van der Waals surface area (Å²) in [4.78, 5) is 0. The van der Waals surface area contributed by atoms with Crippen LogP contribution in [0.5, 0.6) is 0 Å². The summed E-state index contributed by atoms with van der Waals surface area (Å²) in [5.74, 6) is 0. The van der Waals surface area contributed by atoms with E-state index in [-0.39, 0.29) is 18.6 Å². The van der Waals surface area contributed by atoms with E-state index in [4.69, 9.17) is 0 Å². The largest absolute Gasteiger partial charge is 0.211 e. The SMILES string of the molecule is CC[c-]1ccc(C)c1.[V]. The molecule has 0 aliphatic rings. The van der Waals surface area contributed by atoms with E-state index in [2.05, 4.69) is 32.0 Å². The average molecular weight is 158 g/mol. The van der Waals surface area contributed by atoms with Gasteiger partial charge in [0.2, 0.25) is 0 Å². The monoisotopic (exact) mass is 158 g/mol. The van der Waals surface area contributed by atoms with Gasteiger partial charge in [-0.15, -0.1) is 0 Å². The standard InChI is InChI=1S/C8H11.V/c1-3-8-5-4-7(2)6-8;/h4-6H,3H2,1-2H3;/q-1;. The van der Waals surface area contributed by atoms with Crippen LogP contribution in [0.4, 0.5) is 0 Å². The van der Waals surface area contributed by atoms with Gasteiger partial charge in [0.15, 0.2) is 0 Å². The number of hydrogen-bond donors (Lipinski definition) is 0. The van der Waals surface area contributed by atoms with E-state index >= 15 is 0 Å². The van der Waals surface area contributed by atoms with Crippen LogP contribution >= 0.6 is 0 Å². The molecule has 0 saturated heterocycles. The van der Waals surface area contributed by atoms with Crippen molar-refractivity contribution in [2.75, 3.05) is 0 Å². The quantitative estimate of drug-likeness (QED) is 0.550. The molecule has 0 aromatic heterocycles. The predicted molar refractivity (Wildman–Crippen MR) is 36.1 cm³/mol. The van der Waals surface area contributed by atoms with Gasteiger partial charge >= 0.3 is 0 Å². The third-order valence-corrected chi connectivity index (χ3v) is 1.38. The molecule has 0 spiro atoms. The Bertz CT molecular complexity index is 165. The van der Waals surface area contributed by atoms with Crippen LogP contribution in [-0.2, 0) is 25.0 Å². The van der Waals surface area contributed by atoms with Gasteiger partial charge in [0, 0.05) is 18.6 Å². The maximum Gasteiger partial charge on any atom is 0 e. The third kappa shape index (κ3) is 2.34. The first-order chi connectivity index (χ1) is 3.83. The minimum atomic E-state index is 0. The van der Waals surface area contributed by atoms with Crippen LogP contribution in [0.2, 0.25) is 0 Å². The van der Waals surface area contributed by atoms with Crippen molar-refractivity contribution in [3.63, 3.8) is 0 Å². The van der Waals surface area contributed by atoms with Gasteiger partial charge in [0.25, 0.3) is 0 Å². The van der Waals surface area contributed by atoms with Crippen molar-refractivity contribution in [2.24, 2.45) is 0 Å². The molecule has 0 unspecified atom stereocenters. The maximum atomic E-state index is 2.22. The molecule has 0 N–H and O–H groups in total. The molecular formula is C8H11V-. The summed E-state index contributed by atoms with van der Waals surface area (Å²) in [5, 5.41) is 0. The Labute approximate surface area is 68.5 Å². The van der Waals surface area contributed by atoms with Crippen LogP contribution < -0.4 is 0 Å². The zero-order chi connectivity index (χ0) is 5.98. The number of aryl methyl sites for hydroxylation is 2. The molecule has 0 heterocycles. The summed E-state index contributed by atoms with van der Waals surface area (Å²) in [5.41, 5.74) is 2.82. The van der Waals surface area contributed by atoms with E-state index in [9.17, 15) is 0 Å². The fraction of sp³-hybridized carbons (Fsp3) is 0.375. The van der Waals surface area contributed by atoms with E-state index in [1.54, 1.807) is 0 Å². The molecule has 0 fully saturated rings. The van der Waals surface area contributed by atoms with Crippen LogP contribution in [0.15, 0.2) is 18.2 Å². The first-order valence-electron chi connectivity index (χ1n) is 3.05. The molecule has 49 valence electrons. The van der Waals surface area contributed by atoms with Crippen molar-refractivity contribution in [1.29, 1.82) is 0 Å². The molecule has 0 aliphatic heterocycles. The minimum Gasteiger partial charge on any atom is -0.211 e. The van der Waals surface area contributed by atoms with Gasteiger partial charge < -0.3 is 0 Å². The van der Waals surface area contributed by atoms with Gasteiger partial charge in [0.1, 0.15) is 0 Å². The van der Waals surface area contributed by atoms with Crippen LogP contribution in [-0.4, -0.2) is 0 Å². The van der Waals surface area contributed by atoms with Gasteiger partial charge in [0.05, 0.1) is 0 Å². The van der Waals surface area contributed by atoms with Crippen molar-refractivity contribution in [2.45, 2.75) is 20.3 Å². The van der Waals surface area contributed by atoms with E-state index in [0.717, 1.165) is 6.42 Å². The first kappa shape index (κ1) is 8.93. The zero-order valence-electron chi connectivity index (χ0n) is 5.89. The van der Waals surface area contributed by atoms with Crippen molar-refractivity contribution < 1.29 is 18.6 Å². The average Bonchev–Trinajstić information content (AvgIpc) is 2.14. The second kappa shape index (κ2) is 3.87. The van der Waals surface area contributed by atoms with Crippen molar-refractivity contribution >= 4 is 0 Å². The number of hydrogen-bond acceptors (Lipinski definition) is 0. The summed E-state index contributed by atoms with van der Waals surface area (Å²) in [6.07, 6.45) is 1.16. The van der Waals surface area contributed by atoms with E-state index < -0.39 is 0 Å². The molecule has 0 aliphatic carbocycles. The Morgan fingerprint density at radius 3 is 2.44 bits per heavy atom. The number of rotatable bonds is 1. The minimum absolute atomic E-state index is 0. The van der Waals surface area contributed by atoms with Crippen molar-refractivity contribution in [3.05, 3.63) is 29.3 Å². The van der Waals surface area contributed by atoms with Gasteiger partial charge in [-0.3, -0.25) is 0 Å². The van der Waals surface area contributed by atoms with Gasteiger partial charge in [-0.05, 0) is 0 Å². The molecule has 9 heavy (non-hydrogen) atoms. The molecule has 0 bridgehead atoms. The second-order valence-electron chi connectivity index (χ2n) is 2.15. The molecule has 1 rings (SSSR count). The van der Waals surface area contributed by atoms with E-state index in [1.165, 1.54) is 11.1 Å². The zero-order valence-corrected chi connectivity index (χ0v) is 7.28. The molecule has 1 heteroatoms. The topological polar surface area (TPSA) is 0 Å². The molecule has 0 saturated carbocycles. The molecule has 1 aromatic carbocycles. The van der Waals surface area contributed by atoms with Crippen LogP contribution in [0.1, 0.15) is 18.1 Å². The maximum absolute atomic E-state index is 2.22. The second-order valence-corrected chi connectivity index (χ2v) is 2.15. The Balaban J connectivity index is 0.000000640. The van der Waals surface area contributed by atoms with Crippen LogP contribution in [0.25, 0.3) is 0 Å². The van der Waals surface area contributed by atoms with Crippen LogP contribution in [0.3, 0.4) is 0 Å². The summed E-state index contributed by atoms with van der Waals surface area (Å²) in [7, 11) is 0. The molecule has 0 atom stereocenters. The predicted octanol–water partition coefficient (Wildman–Crippen LogP) is 2.27. The van der Waals surface area contributed by atoms with Gasteiger partial charge in [-0.25, -0.2) is 11.6 Å². The normalized spacial score (nSPS) is 8.67.